The van der Waals surface area contributed by atoms with Crippen molar-refractivity contribution in [2.24, 2.45) is 0 Å². The van der Waals surface area contributed by atoms with Gasteiger partial charge in [0.1, 0.15) is 11.6 Å². The van der Waals surface area contributed by atoms with Gasteiger partial charge in [0.25, 0.3) is 0 Å². The first-order valence-corrected chi connectivity index (χ1v) is 7.47. The van der Waals surface area contributed by atoms with Crippen molar-refractivity contribution in [3.05, 3.63) is 52.6 Å². The molecule has 0 aliphatic heterocycles. The summed E-state index contributed by atoms with van der Waals surface area (Å²) in [5, 5.41) is 7.07. The molecule has 21 heavy (non-hydrogen) atoms. The second kappa shape index (κ2) is 7.22. The summed E-state index contributed by atoms with van der Waals surface area (Å²) in [6.07, 6.45) is 3.54. The first-order chi connectivity index (χ1) is 10.1. The number of nitrogens with zero attached hydrogens (tertiary/aromatic N) is 2. The molecule has 0 unspecified atom stereocenters. The summed E-state index contributed by atoms with van der Waals surface area (Å²) in [6, 6.07) is 6.22. The maximum absolute atomic E-state index is 5.83. The third-order valence-corrected chi connectivity index (χ3v) is 3.59. The van der Waals surface area contributed by atoms with E-state index in [2.05, 4.69) is 42.8 Å². The molecule has 0 spiro atoms. The summed E-state index contributed by atoms with van der Waals surface area (Å²) in [5.41, 5.74) is 2.42. The highest BCUT2D eigenvalue weighted by Crippen LogP contribution is 2.18. The number of aryl methyl sites for hydroxylation is 3. The van der Waals surface area contributed by atoms with Gasteiger partial charge in [-0.05, 0) is 44.1 Å². The molecule has 112 valence electrons. The van der Waals surface area contributed by atoms with E-state index in [4.69, 9.17) is 17.0 Å². The van der Waals surface area contributed by atoms with Gasteiger partial charge in [-0.15, -0.1) is 6.58 Å². The second-order valence-electron chi connectivity index (χ2n) is 5.07. The van der Waals surface area contributed by atoms with Crippen molar-refractivity contribution in [1.29, 1.82) is 0 Å². The molecule has 1 aromatic heterocycles. The lowest BCUT2D eigenvalue weighted by atomic mass is 10.1. The van der Waals surface area contributed by atoms with Crippen molar-refractivity contribution in [3.63, 3.8) is 0 Å². The smallest absolute Gasteiger partial charge is 0.195 e. The Labute approximate surface area is 130 Å². The number of H-pyrrole nitrogens is 1. The van der Waals surface area contributed by atoms with Crippen LogP contribution in [0.25, 0.3) is 0 Å². The van der Waals surface area contributed by atoms with Gasteiger partial charge in [-0.25, -0.2) is 0 Å². The number of aromatic amines is 1. The number of hydrogen-bond acceptors (Lipinski definition) is 3. The predicted molar refractivity (Wildman–Crippen MR) is 87.3 cm³/mol. The highest BCUT2D eigenvalue weighted by atomic mass is 32.1. The molecule has 0 aliphatic carbocycles. The van der Waals surface area contributed by atoms with E-state index in [1.807, 2.05) is 16.7 Å². The number of allylic oxidation sites excluding steroid dienone is 1. The summed E-state index contributed by atoms with van der Waals surface area (Å²) in [6.45, 7) is 9.23. The molecule has 2 aromatic rings. The van der Waals surface area contributed by atoms with Crippen LogP contribution in [-0.2, 0) is 13.0 Å². The van der Waals surface area contributed by atoms with Crippen LogP contribution in [-0.4, -0.2) is 21.4 Å². The summed E-state index contributed by atoms with van der Waals surface area (Å²) >= 11 is 5.19. The fourth-order valence-electron chi connectivity index (χ4n) is 2.23. The molecule has 1 aromatic carbocycles. The Morgan fingerprint density at radius 2 is 2.24 bits per heavy atom. The average molecular weight is 303 g/mol. The van der Waals surface area contributed by atoms with Crippen LogP contribution in [0.1, 0.15) is 23.4 Å². The van der Waals surface area contributed by atoms with Gasteiger partial charge in [0.15, 0.2) is 4.77 Å². The number of nitrogens with one attached hydrogen (secondary N) is 1. The SMILES string of the molecule is C=CCn1c(CCCOc2ccc(C)cc2C)n[nH]c1=S. The fraction of sp³-hybridized carbons (Fsp3) is 0.375. The van der Waals surface area contributed by atoms with Crippen molar-refractivity contribution in [2.75, 3.05) is 6.61 Å². The normalized spacial score (nSPS) is 10.6. The monoisotopic (exact) mass is 303 g/mol. The minimum absolute atomic E-state index is 0.639. The van der Waals surface area contributed by atoms with E-state index >= 15 is 0 Å². The summed E-state index contributed by atoms with van der Waals surface area (Å²) in [4.78, 5) is 0. The van der Waals surface area contributed by atoms with Gasteiger partial charge in [-0.2, -0.15) is 5.10 Å². The third-order valence-electron chi connectivity index (χ3n) is 3.28. The largest absolute Gasteiger partial charge is 0.493 e. The molecule has 0 saturated heterocycles. The first-order valence-electron chi connectivity index (χ1n) is 7.07. The number of benzene rings is 1. The van der Waals surface area contributed by atoms with Gasteiger partial charge >= 0.3 is 0 Å². The Morgan fingerprint density at radius 3 is 2.95 bits per heavy atom. The van der Waals surface area contributed by atoms with Crippen LogP contribution >= 0.6 is 12.2 Å². The van der Waals surface area contributed by atoms with E-state index in [1.54, 1.807) is 0 Å². The second-order valence-corrected chi connectivity index (χ2v) is 5.45. The summed E-state index contributed by atoms with van der Waals surface area (Å²) in [7, 11) is 0. The maximum Gasteiger partial charge on any atom is 0.195 e. The Bertz CT molecular complexity index is 672. The van der Waals surface area contributed by atoms with Crippen molar-refractivity contribution >= 4 is 12.2 Å². The Kier molecular flexibility index (Phi) is 5.33. The molecule has 0 radical (unpaired) electrons. The number of ether oxygens (including phenoxy) is 1. The first kappa shape index (κ1) is 15.5. The van der Waals surface area contributed by atoms with Crippen molar-refractivity contribution in [2.45, 2.75) is 33.2 Å². The molecule has 1 N–H and O–H groups in total. The van der Waals surface area contributed by atoms with Gasteiger partial charge in [-0.3, -0.25) is 5.10 Å². The van der Waals surface area contributed by atoms with Crippen LogP contribution in [0.5, 0.6) is 5.75 Å². The minimum Gasteiger partial charge on any atom is -0.493 e. The molecule has 2 rings (SSSR count). The van der Waals surface area contributed by atoms with Gasteiger partial charge < -0.3 is 9.30 Å². The van der Waals surface area contributed by atoms with Gasteiger partial charge in [0.05, 0.1) is 6.61 Å². The Morgan fingerprint density at radius 1 is 1.43 bits per heavy atom. The lowest BCUT2D eigenvalue weighted by molar-refractivity contribution is 0.307. The quantitative estimate of drug-likeness (QED) is 0.481. The Hall–Kier alpha value is -1.88. The van der Waals surface area contributed by atoms with Crippen molar-refractivity contribution < 1.29 is 4.74 Å². The predicted octanol–water partition coefficient (Wildman–Crippen LogP) is 3.76. The van der Waals surface area contributed by atoms with E-state index < -0.39 is 0 Å². The minimum atomic E-state index is 0.639. The molecule has 5 heteroatoms. The average Bonchev–Trinajstić information content (AvgIpc) is 2.79. The van der Waals surface area contributed by atoms with E-state index in [9.17, 15) is 0 Å². The number of hydrogen-bond donors (Lipinski definition) is 1. The van der Waals surface area contributed by atoms with E-state index in [1.165, 1.54) is 11.1 Å². The van der Waals surface area contributed by atoms with Gasteiger partial charge in [0, 0.05) is 13.0 Å². The zero-order valence-electron chi connectivity index (χ0n) is 12.6. The molecule has 0 aliphatic rings. The summed E-state index contributed by atoms with van der Waals surface area (Å²) < 4.78 is 8.42. The van der Waals surface area contributed by atoms with E-state index in [-0.39, 0.29) is 0 Å². The van der Waals surface area contributed by atoms with Gasteiger partial charge in [-0.1, -0.05) is 23.8 Å². The summed E-state index contributed by atoms with van der Waals surface area (Å²) in [5.74, 6) is 1.90. The van der Waals surface area contributed by atoms with Crippen LogP contribution in [0.2, 0.25) is 0 Å². The zero-order valence-corrected chi connectivity index (χ0v) is 13.4. The van der Waals surface area contributed by atoms with Crippen molar-refractivity contribution in [3.8, 4) is 5.75 Å². The van der Waals surface area contributed by atoms with Gasteiger partial charge in [0.2, 0.25) is 0 Å². The lowest BCUT2D eigenvalue weighted by Gasteiger charge is -2.09. The molecule has 0 atom stereocenters. The molecule has 0 amide bonds. The molecule has 0 fully saturated rings. The topological polar surface area (TPSA) is 42.8 Å². The molecular formula is C16H21N3OS. The molecule has 4 nitrogen and oxygen atoms in total. The molecule has 0 saturated carbocycles. The fourth-order valence-corrected chi connectivity index (χ4v) is 2.46. The molecular weight excluding hydrogens is 282 g/mol. The van der Waals surface area contributed by atoms with Crippen molar-refractivity contribution in [1.82, 2.24) is 14.8 Å². The molecule has 1 heterocycles. The standard InChI is InChI=1S/C16H21N3OS/c1-4-9-19-15(17-18-16(19)21)6-5-10-20-14-8-7-12(2)11-13(14)3/h4,7-8,11H,1,5-6,9-10H2,2-3H3,(H,18,21). The van der Waals surface area contributed by atoms with Crippen LogP contribution in [0.3, 0.4) is 0 Å². The highest BCUT2D eigenvalue weighted by Gasteiger charge is 2.05. The third kappa shape index (κ3) is 4.04. The number of rotatable bonds is 7. The number of aromatic nitrogens is 3. The molecule has 0 bridgehead atoms. The highest BCUT2D eigenvalue weighted by molar-refractivity contribution is 7.71. The maximum atomic E-state index is 5.83. The van der Waals surface area contributed by atoms with E-state index in [0.29, 0.717) is 17.9 Å². The van der Waals surface area contributed by atoms with Crippen LogP contribution < -0.4 is 4.74 Å². The van der Waals surface area contributed by atoms with Crippen LogP contribution in [0, 0.1) is 18.6 Å². The lowest BCUT2D eigenvalue weighted by Crippen LogP contribution is -2.06. The van der Waals surface area contributed by atoms with Crippen LogP contribution in [0.4, 0.5) is 0 Å². The Balaban J connectivity index is 1.87. The zero-order chi connectivity index (χ0) is 15.2. The van der Waals surface area contributed by atoms with E-state index in [0.717, 1.165) is 24.4 Å². The van der Waals surface area contributed by atoms with Crippen LogP contribution in [0.15, 0.2) is 30.9 Å².